The summed E-state index contributed by atoms with van der Waals surface area (Å²) < 4.78 is 1.36. The van der Waals surface area contributed by atoms with Crippen LogP contribution in [0.25, 0.3) is 0 Å². The van der Waals surface area contributed by atoms with E-state index in [-0.39, 0.29) is 6.10 Å². The fourth-order valence-corrected chi connectivity index (χ4v) is 4.84. The van der Waals surface area contributed by atoms with Crippen LogP contribution in [0.1, 0.15) is 31.4 Å². The minimum absolute atomic E-state index is 0.312. The first-order valence-electron chi connectivity index (χ1n) is 6.76. The number of aliphatic hydroxyl groups is 1. The Balaban J connectivity index is 2.11. The molecule has 19 heavy (non-hydrogen) atoms. The Morgan fingerprint density at radius 1 is 0.947 bits per heavy atom. The van der Waals surface area contributed by atoms with Gasteiger partial charge >= 0.3 is 121 Å². The third kappa shape index (κ3) is 4.21. The van der Waals surface area contributed by atoms with E-state index in [4.69, 9.17) is 0 Å². The van der Waals surface area contributed by atoms with Crippen molar-refractivity contribution in [3.05, 3.63) is 66.2 Å². The van der Waals surface area contributed by atoms with Gasteiger partial charge in [-0.1, -0.05) is 0 Å². The van der Waals surface area contributed by atoms with Gasteiger partial charge in [0.1, 0.15) is 0 Å². The molecular formula is C17H20OSe. The van der Waals surface area contributed by atoms with Crippen LogP contribution in [0.2, 0.25) is 4.82 Å². The SMILES string of the molecule is CCC[C@H]([Se]c1ccccc1)[C@@H](O)c1ccccc1. The van der Waals surface area contributed by atoms with E-state index in [9.17, 15) is 5.11 Å². The average Bonchev–Trinajstić information content (AvgIpc) is 2.48. The van der Waals surface area contributed by atoms with E-state index in [1.165, 1.54) is 4.46 Å². The molecule has 2 atom stereocenters. The molecule has 2 heteroatoms. The summed E-state index contributed by atoms with van der Waals surface area (Å²) in [6.45, 7) is 2.19. The average molecular weight is 319 g/mol. The van der Waals surface area contributed by atoms with Crippen LogP contribution < -0.4 is 4.46 Å². The van der Waals surface area contributed by atoms with Crippen molar-refractivity contribution in [1.29, 1.82) is 0 Å². The number of hydrogen-bond donors (Lipinski definition) is 1. The summed E-state index contributed by atoms with van der Waals surface area (Å²) in [6, 6.07) is 20.6. The Kier molecular flexibility index (Phi) is 5.65. The van der Waals surface area contributed by atoms with Crippen molar-refractivity contribution in [3.63, 3.8) is 0 Å². The second kappa shape index (κ2) is 7.49. The molecule has 0 fully saturated rings. The molecule has 0 saturated carbocycles. The molecule has 0 bridgehead atoms. The van der Waals surface area contributed by atoms with E-state index < -0.39 is 0 Å². The molecule has 2 aromatic rings. The van der Waals surface area contributed by atoms with Gasteiger partial charge < -0.3 is 0 Å². The van der Waals surface area contributed by atoms with Gasteiger partial charge in [-0.2, -0.15) is 0 Å². The van der Waals surface area contributed by atoms with Gasteiger partial charge in [0.15, 0.2) is 0 Å². The quantitative estimate of drug-likeness (QED) is 0.810. The maximum atomic E-state index is 10.6. The normalized spacial score (nSPS) is 14.0. The Morgan fingerprint density at radius 3 is 2.11 bits per heavy atom. The van der Waals surface area contributed by atoms with Crippen molar-refractivity contribution in [1.82, 2.24) is 0 Å². The van der Waals surface area contributed by atoms with Gasteiger partial charge in [0.05, 0.1) is 0 Å². The van der Waals surface area contributed by atoms with Crippen molar-refractivity contribution < 1.29 is 5.11 Å². The van der Waals surface area contributed by atoms with Gasteiger partial charge in [0.25, 0.3) is 0 Å². The zero-order valence-corrected chi connectivity index (χ0v) is 12.9. The summed E-state index contributed by atoms with van der Waals surface area (Å²) in [4.78, 5) is 0.349. The first-order chi connectivity index (χ1) is 9.31. The third-order valence-corrected chi connectivity index (χ3v) is 5.91. The van der Waals surface area contributed by atoms with Gasteiger partial charge in [0.2, 0.25) is 0 Å². The summed E-state index contributed by atoms with van der Waals surface area (Å²) in [5.41, 5.74) is 1.04. The number of hydrogen-bond acceptors (Lipinski definition) is 1. The Bertz CT molecular complexity index is 469. The standard InChI is InChI=1S/C17H20OSe/c1-2-9-16(19-15-12-7-4-8-13-15)17(18)14-10-5-3-6-11-14/h3-8,10-13,16-18H,2,9H2,1H3/t16-,17-/m0/s1. The summed E-state index contributed by atoms with van der Waals surface area (Å²) in [5, 5.41) is 10.6. The molecule has 100 valence electrons. The Hall–Kier alpha value is -1.08. The molecule has 0 spiro atoms. The van der Waals surface area contributed by atoms with Gasteiger partial charge in [-0.25, -0.2) is 0 Å². The monoisotopic (exact) mass is 320 g/mol. The van der Waals surface area contributed by atoms with Crippen LogP contribution >= 0.6 is 0 Å². The molecule has 0 unspecified atom stereocenters. The van der Waals surface area contributed by atoms with Crippen LogP contribution in [-0.4, -0.2) is 20.1 Å². The molecule has 0 aromatic heterocycles. The molecule has 0 aliphatic heterocycles. The molecule has 0 radical (unpaired) electrons. The molecule has 2 rings (SSSR count). The van der Waals surface area contributed by atoms with Crippen LogP contribution in [0.5, 0.6) is 0 Å². The topological polar surface area (TPSA) is 20.2 Å². The number of benzene rings is 2. The van der Waals surface area contributed by atoms with Crippen LogP contribution in [-0.2, 0) is 0 Å². The predicted molar refractivity (Wildman–Crippen MR) is 81.9 cm³/mol. The predicted octanol–water partition coefficient (Wildman–Crippen LogP) is 3.34. The van der Waals surface area contributed by atoms with Crippen LogP contribution in [0.3, 0.4) is 0 Å². The van der Waals surface area contributed by atoms with Crippen LogP contribution in [0.4, 0.5) is 0 Å². The van der Waals surface area contributed by atoms with Gasteiger partial charge in [0, 0.05) is 0 Å². The van der Waals surface area contributed by atoms with Crippen molar-refractivity contribution in [2.75, 3.05) is 0 Å². The number of rotatable bonds is 6. The first-order valence-corrected chi connectivity index (χ1v) is 8.60. The van der Waals surface area contributed by atoms with E-state index in [0.717, 1.165) is 18.4 Å². The molecule has 0 aliphatic carbocycles. The molecule has 2 aromatic carbocycles. The molecular weight excluding hydrogens is 299 g/mol. The molecule has 0 aliphatic rings. The maximum absolute atomic E-state index is 10.6. The summed E-state index contributed by atoms with van der Waals surface area (Å²) >= 11 is 0.312. The van der Waals surface area contributed by atoms with E-state index >= 15 is 0 Å². The minimum atomic E-state index is -0.346. The van der Waals surface area contributed by atoms with Gasteiger partial charge in [-0.05, 0) is 0 Å². The summed E-state index contributed by atoms with van der Waals surface area (Å²) in [7, 11) is 0. The van der Waals surface area contributed by atoms with Crippen LogP contribution in [0, 0.1) is 0 Å². The zero-order chi connectivity index (χ0) is 13.5. The molecule has 0 amide bonds. The Morgan fingerprint density at radius 2 is 1.53 bits per heavy atom. The van der Waals surface area contributed by atoms with Gasteiger partial charge in [-0.15, -0.1) is 0 Å². The van der Waals surface area contributed by atoms with Gasteiger partial charge in [-0.3, -0.25) is 0 Å². The van der Waals surface area contributed by atoms with E-state index in [0.29, 0.717) is 19.8 Å². The molecule has 1 nitrogen and oxygen atoms in total. The summed E-state index contributed by atoms with van der Waals surface area (Å²) in [5.74, 6) is 0. The van der Waals surface area contributed by atoms with E-state index in [1.807, 2.05) is 36.4 Å². The molecule has 0 heterocycles. The van der Waals surface area contributed by atoms with Crippen molar-refractivity contribution in [3.8, 4) is 0 Å². The Labute approximate surface area is 121 Å². The van der Waals surface area contributed by atoms with E-state index in [2.05, 4.69) is 31.2 Å². The van der Waals surface area contributed by atoms with Crippen molar-refractivity contribution in [2.24, 2.45) is 0 Å². The zero-order valence-electron chi connectivity index (χ0n) is 11.2. The fourth-order valence-electron chi connectivity index (χ4n) is 2.10. The summed E-state index contributed by atoms with van der Waals surface area (Å²) in [6.07, 6.45) is 1.84. The van der Waals surface area contributed by atoms with Crippen molar-refractivity contribution in [2.45, 2.75) is 30.7 Å². The van der Waals surface area contributed by atoms with E-state index in [1.54, 1.807) is 0 Å². The second-order valence-electron chi connectivity index (χ2n) is 4.61. The third-order valence-electron chi connectivity index (χ3n) is 3.10. The number of aliphatic hydroxyl groups excluding tert-OH is 1. The van der Waals surface area contributed by atoms with Crippen molar-refractivity contribution >= 4 is 19.4 Å². The van der Waals surface area contributed by atoms with Crippen LogP contribution in [0.15, 0.2) is 60.7 Å². The first kappa shape index (κ1) is 14.3. The molecule has 1 N–H and O–H groups in total. The fraction of sp³-hybridized carbons (Fsp3) is 0.294. The second-order valence-corrected chi connectivity index (χ2v) is 7.37. The molecule has 0 saturated heterocycles.